The fourth-order valence-electron chi connectivity index (χ4n) is 3.45. The number of halogens is 1. The Morgan fingerprint density at radius 1 is 1.13 bits per heavy atom. The summed E-state index contributed by atoms with van der Waals surface area (Å²) < 4.78 is 7.66. The predicted octanol–water partition coefficient (Wildman–Crippen LogP) is 4.10. The number of rotatable bonds is 4. The van der Waals surface area contributed by atoms with Gasteiger partial charge in [-0.1, -0.05) is 46.3 Å². The molecule has 0 spiro atoms. The number of benzene rings is 2. The van der Waals surface area contributed by atoms with Crippen molar-refractivity contribution in [2.45, 2.75) is 13.0 Å². The van der Waals surface area contributed by atoms with Crippen LogP contribution in [0.3, 0.4) is 0 Å². The van der Waals surface area contributed by atoms with Crippen LogP contribution in [-0.4, -0.2) is 28.9 Å². The molecule has 0 saturated heterocycles. The molecule has 30 heavy (non-hydrogen) atoms. The van der Waals surface area contributed by atoms with E-state index in [-0.39, 0.29) is 6.03 Å². The summed E-state index contributed by atoms with van der Waals surface area (Å²) in [5, 5.41) is 10.3. The molecule has 2 aromatic carbocycles. The van der Waals surface area contributed by atoms with Gasteiger partial charge in [-0.2, -0.15) is 5.10 Å². The van der Waals surface area contributed by atoms with Crippen LogP contribution >= 0.6 is 15.9 Å². The quantitative estimate of drug-likeness (QED) is 0.566. The Balaban J connectivity index is 1.92. The molecule has 0 bridgehead atoms. The van der Waals surface area contributed by atoms with Crippen LogP contribution in [0.1, 0.15) is 18.5 Å². The van der Waals surface area contributed by atoms with Crippen molar-refractivity contribution in [2.24, 2.45) is 0 Å². The summed E-state index contributed by atoms with van der Waals surface area (Å²) in [5.74, 6) is -0.515. The van der Waals surface area contributed by atoms with Crippen LogP contribution in [0.25, 0.3) is 16.9 Å². The van der Waals surface area contributed by atoms with Crippen molar-refractivity contribution in [3.8, 4) is 16.9 Å². The number of aromatic nitrogens is 2. The number of carbonyl (C=O) groups is 2. The first-order chi connectivity index (χ1) is 14.5. The summed E-state index contributed by atoms with van der Waals surface area (Å²) in [4.78, 5) is 24.8. The second kappa shape index (κ2) is 8.16. The predicted molar refractivity (Wildman–Crippen MR) is 116 cm³/mol. The zero-order valence-electron chi connectivity index (χ0n) is 16.3. The van der Waals surface area contributed by atoms with Crippen molar-refractivity contribution < 1.29 is 14.3 Å². The summed E-state index contributed by atoms with van der Waals surface area (Å²) in [6.45, 7) is 1.68. The minimum Gasteiger partial charge on any atom is -0.466 e. The molecule has 0 aliphatic carbocycles. The first-order valence-electron chi connectivity index (χ1n) is 9.25. The van der Waals surface area contributed by atoms with E-state index in [1.807, 2.05) is 60.8 Å². The molecular formula is C22H19BrN4O3. The average molecular weight is 467 g/mol. The highest BCUT2D eigenvalue weighted by molar-refractivity contribution is 9.10. The van der Waals surface area contributed by atoms with Crippen molar-refractivity contribution in [3.05, 3.63) is 82.1 Å². The summed E-state index contributed by atoms with van der Waals surface area (Å²) in [7, 11) is 1.32. The number of nitrogens with zero attached hydrogens (tertiary/aromatic N) is 2. The van der Waals surface area contributed by atoms with Crippen LogP contribution < -0.4 is 10.6 Å². The number of hydrogen-bond acceptors (Lipinski definition) is 4. The first-order valence-corrected chi connectivity index (χ1v) is 10.0. The van der Waals surface area contributed by atoms with Gasteiger partial charge in [0.1, 0.15) is 0 Å². The van der Waals surface area contributed by atoms with Crippen LogP contribution in [0, 0.1) is 0 Å². The van der Waals surface area contributed by atoms with Crippen LogP contribution in [0.4, 0.5) is 4.79 Å². The topological polar surface area (TPSA) is 85.2 Å². The number of amides is 2. The van der Waals surface area contributed by atoms with Crippen molar-refractivity contribution in [1.29, 1.82) is 0 Å². The van der Waals surface area contributed by atoms with Gasteiger partial charge < -0.3 is 15.4 Å². The number of methoxy groups -OCH3 is 1. The maximum Gasteiger partial charge on any atom is 0.337 e. The Hall–Kier alpha value is -3.39. The molecule has 1 aromatic heterocycles. The molecule has 8 heteroatoms. The molecule has 2 heterocycles. The zero-order chi connectivity index (χ0) is 21.3. The lowest BCUT2D eigenvalue weighted by molar-refractivity contribution is -0.136. The second-order valence-corrected chi connectivity index (χ2v) is 7.70. The van der Waals surface area contributed by atoms with E-state index >= 15 is 0 Å². The third-order valence-corrected chi connectivity index (χ3v) is 5.40. The maximum atomic E-state index is 12.5. The summed E-state index contributed by atoms with van der Waals surface area (Å²) in [5.41, 5.74) is 3.86. The molecule has 152 valence electrons. The van der Waals surface area contributed by atoms with Gasteiger partial charge in [0.25, 0.3) is 0 Å². The van der Waals surface area contributed by atoms with Crippen LogP contribution in [-0.2, 0) is 9.53 Å². The standard InChI is InChI=1S/C22H19BrN4O3/c1-13-18(21(28)30-2)20(25-22(29)24-13)17-12-27(16-6-4-3-5-7-16)26-19(17)14-8-10-15(23)11-9-14/h3-12,20H,1-2H3,(H2,24,25,29)/t20-/m0/s1. The number of allylic oxidation sites excluding steroid dienone is 1. The number of nitrogens with one attached hydrogen (secondary N) is 2. The van der Waals surface area contributed by atoms with Crippen LogP contribution in [0.15, 0.2) is 76.5 Å². The van der Waals surface area contributed by atoms with E-state index in [2.05, 4.69) is 26.6 Å². The SMILES string of the molecule is COC(=O)C1=C(C)NC(=O)N[C@H]1c1cn(-c2ccccc2)nc1-c1ccc(Br)cc1. The van der Waals surface area contributed by atoms with Gasteiger partial charge >= 0.3 is 12.0 Å². The lowest BCUT2D eigenvalue weighted by Gasteiger charge is -2.27. The Kier molecular flexibility index (Phi) is 5.41. The highest BCUT2D eigenvalue weighted by atomic mass is 79.9. The molecule has 0 saturated carbocycles. The number of para-hydroxylation sites is 1. The van der Waals surface area contributed by atoms with E-state index in [0.29, 0.717) is 22.5 Å². The minimum absolute atomic E-state index is 0.336. The molecule has 1 aliphatic heterocycles. The Labute approximate surface area is 181 Å². The Bertz CT molecular complexity index is 1140. The third-order valence-electron chi connectivity index (χ3n) is 4.87. The lowest BCUT2D eigenvalue weighted by Crippen LogP contribution is -2.45. The molecule has 2 N–H and O–H groups in total. The number of carbonyl (C=O) groups excluding carboxylic acids is 2. The molecule has 1 atom stereocenters. The number of hydrogen-bond donors (Lipinski definition) is 2. The summed E-state index contributed by atoms with van der Waals surface area (Å²) in [6.07, 6.45) is 1.83. The van der Waals surface area contributed by atoms with Gasteiger partial charge in [0, 0.05) is 27.5 Å². The van der Waals surface area contributed by atoms with E-state index in [4.69, 9.17) is 9.84 Å². The number of urea groups is 1. The van der Waals surface area contributed by atoms with E-state index in [9.17, 15) is 9.59 Å². The Morgan fingerprint density at radius 3 is 2.50 bits per heavy atom. The van der Waals surface area contributed by atoms with Gasteiger partial charge in [-0.3, -0.25) is 0 Å². The molecule has 0 unspecified atom stereocenters. The molecule has 3 aromatic rings. The van der Waals surface area contributed by atoms with Crippen LogP contribution in [0.2, 0.25) is 0 Å². The molecule has 0 radical (unpaired) electrons. The third kappa shape index (κ3) is 3.73. The first kappa shape index (κ1) is 19.9. The average Bonchev–Trinajstić information content (AvgIpc) is 3.19. The Morgan fingerprint density at radius 2 is 1.83 bits per heavy atom. The number of esters is 1. The highest BCUT2D eigenvalue weighted by Crippen LogP contribution is 2.35. The van der Waals surface area contributed by atoms with Crippen molar-refractivity contribution in [2.75, 3.05) is 7.11 Å². The van der Waals surface area contributed by atoms with Gasteiger partial charge in [0.05, 0.1) is 30.1 Å². The fraction of sp³-hybridized carbons (Fsp3) is 0.136. The van der Waals surface area contributed by atoms with Crippen molar-refractivity contribution in [1.82, 2.24) is 20.4 Å². The van der Waals surface area contributed by atoms with Gasteiger partial charge in [-0.05, 0) is 31.2 Å². The lowest BCUT2D eigenvalue weighted by atomic mass is 9.94. The smallest absolute Gasteiger partial charge is 0.337 e. The van der Waals surface area contributed by atoms with E-state index in [0.717, 1.165) is 15.7 Å². The minimum atomic E-state index is -0.706. The monoisotopic (exact) mass is 466 g/mol. The zero-order valence-corrected chi connectivity index (χ0v) is 17.9. The second-order valence-electron chi connectivity index (χ2n) is 6.78. The van der Waals surface area contributed by atoms with Gasteiger partial charge in [0.2, 0.25) is 0 Å². The van der Waals surface area contributed by atoms with Crippen molar-refractivity contribution >= 4 is 27.9 Å². The largest absolute Gasteiger partial charge is 0.466 e. The van der Waals surface area contributed by atoms with E-state index in [1.54, 1.807) is 11.6 Å². The molecule has 7 nitrogen and oxygen atoms in total. The maximum absolute atomic E-state index is 12.5. The summed E-state index contributed by atoms with van der Waals surface area (Å²) in [6, 6.07) is 16.3. The van der Waals surface area contributed by atoms with Gasteiger partial charge in [-0.15, -0.1) is 0 Å². The van der Waals surface area contributed by atoms with Crippen LogP contribution in [0.5, 0.6) is 0 Å². The van der Waals surface area contributed by atoms with Gasteiger partial charge in [-0.25, -0.2) is 14.3 Å². The van der Waals surface area contributed by atoms with Crippen molar-refractivity contribution in [3.63, 3.8) is 0 Å². The van der Waals surface area contributed by atoms with E-state index < -0.39 is 12.0 Å². The molecule has 2 amide bonds. The molecule has 0 fully saturated rings. The molecular weight excluding hydrogens is 448 g/mol. The molecule has 1 aliphatic rings. The fourth-order valence-corrected chi connectivity index (χ4v) is 3.72. The number of ether oxygens (including phenoxy) is 1. The molecule has 4 rings (SSSR count). The summed E-state index contributed by atoms with van der Waals surface area (Å²) >= 11 is 3.45. The normalized spacial score (nSPS) is 16.1. The van der Waals surface area contributed by atoms with E-state index in [1.165, 1.54) is 7.11 Å². The van der Waals surface area contributed by atoms with Gasteiger partial charge in [0.15, 0.2) is 0 Å². The highest BCUT2D eigenvalue weighted by Gasteiger charge is 2.35.